The number of ether oxygens (including phenoxy) is 4. The topological polar surface area (TPSA) is 442 Å². The SMILES string of the molecule is C#Cc1cccc(COC(C)=O)c1.CN(C)Cc1cccc(-c2[nH]c3cc(N)cc4c3c2C=NNC4=O)c1.CN(C)Cc1cccc(-c2[nH]c3cc(NC(=O)c4cccc(C(F)(F)F)c4F)cc4c3c2C=NNC4=O)c1.COC(=O)c1cc(NC(C)=O)cc(NC(C)=O)c1C#Cc1cccc(COC(C)=O)c1.COC(=O)c1cc(NC(C)=O)cc2[nH]c(-c3cccc(CO)c3)cc12.O=C(O)c1cccc(C(F)(F)F)c1F. The molecule has 0 spiro atoms. The lowest BCUT2D eigenvalue weighted by atomic mass is 10.0. The smallest absolute Gasteiger partial charge is 0.419 e. The molecule has 0 aliphatic carbocycles. The minimum absolute atomic E-state index is 0.0475. The zero-order valence-electron chi connectivity index (χ0n) is 79.9. The fourth-order valence-corrected chi connectivity index (χ4v) is 15.1. The Hall–Kier alpha value is -18.2. The maximum atomic E-state index is 14.5. The van der Waals surface area contributed by atoms with Crippen molar-refractivity contribution in [2.24, 2.45) is 10.2 Å². The van der Waals surface area contributed by atoms with Crippen LogP contribution in [-0.2, 0) is 88.2 Å². The number of aromatic carboxylic acids is 1. The number of esters is 4. The summed E-state index contributed by atoms with van der Waals surface area (Å²) in [4.78, 5) is 143. The number of benzene rings is 11. The molecule has 0 saturated heterocycles. The third kappa shape index (κ3) is 28.4. The number of fused-ring (bicyclic) bond motifs is 1. The van der Waals surface area contributed by atoms with Crippen LogP contribution in [-0.4, -0.2) is 155 Å². The molecule has 146 heavy (non-hydrogen) atoms. The van der Waals surface area contributed by atoms with E-state index in [4.69, 9.17) is 36.2 Å². The van der Waals surface area contributed by atoms with Gasteiger partial charge in [0.25, 0.3) is 17.7 Å². The Kier molecular flexibility index (Phi) is 35.8. The van der Waals surface area contributed by atoms with E-state index in [9.17, 15) is 93.0 Å². The molecule has 0 atom stereocenters. The van der Waals surface area contributed by atoms with Crippen molar-refractivity contribution < 1.29 is 117 Å². The van der Waals surface area contributed by atoms with Gasteiger partial charge in [-0.25, -0.2) is 34.0 Å². The van der Waals surface area contributed by atoms with E-state index in [1.807, 2.05) is 124 Å². The minimum Gasteiger partial charge on any atom is -0.478 e. The number of hydrogen-bond acceptors (Lipinski definition) is 21. The van der Waals surface area contributed by atoms with Crippen LogP contribution in [0.25, 0.3) is 66.5 Å². The first-order valence-corrected chi connectivity index (χ1v) is 43.9. The molecule has 5 heterocycles. The Morgan fingerprint density at radius 1 is 0.466 bits per heavy atom. The molecule has 0 saturated carbocycles. The van der Waals surface area contributed by atoms with Crippen molar-refractivity contribution in [3.8, 4) is 58.0 Å². The van der Waals surface area contributed by atoms with Crippen molar-refractivity contribution in [2.75, 3.05) is 69.4 Å². The quantitative estimate of drug-likeness (QED) is 0.0111. The number of hydrazone groups is 2. The van der Waals surface area contributed by atoms with Gasteiger partial charge in [0.15, 0.2) is 0 Å². The number of carbonyl (C=O) groups is 11. The zero-order valence-corrected chi connectivity index (χ0v) is 79.9. The van der Waals surface area contributed by atoms with E-state index in [-0.39, 0.29) is 77.5 Å². The summed E-state index contributed by atoms with van der Waals surface area (Å²) in [5.41, 5.74) is 24.1. The Bertz CT molecular complexity index is 7610. The number of terminal acetylenes is 1. The van der Waals surface area contributed by atoms with Gasteiger partial charge in [0.05, 0.1) is 100 Å². The number of carbonyl (C=O) groups excluding carboxylic acids is 10. The number of halogens is 8. The van der Waals surface area contributed by atoms with Gasteiger partial charge in [-0.05, 0) is 194 Å². The predicted octanol–water partition coefficient (Wildman–Crippen LogP) is 18.1. The number of hydrogen-bond donors (Lipinski definition) is 12. The molecule has 31 nitrogen and oxygen atoms in total. The molecular formula is C107H94F8N14O17. The van der Waals surface area contributed by atoms with Gasteiger partial charge in [-0.3, -0.25) is 38.4 Å². The Labute approximate surface area is 828 Å². The Morgan fingerprint density at radius 2 is 0.904 bits per heavy atom. The predicted molar refractivity (Wildman–Crippen MR) is 534 cm³/mol. The van der Waals surface area contributed by atoms with Crippen LogP contribution in [0.3, 0.4) is 0 Å². The Morgan fingerprint density at radius 3 is 1.40 bits per heavy atom. The van der Waals surface area contributed by atoms with Crippen LogP contribution in [0.1, 0.15) is 164 Å². The van der Waals surface area contributed by atoms with Crippen molar-refractivity contribution in [3.05, 3.63) is 324 Å². The second-order valence-corrected chi connectivity index (χ2v) is 33.0. The number of aromatic amines is 3. The molecule has 11 aromatic carbocycles. The number of anilines is 5. The number of nitrogens with zero attached hydrogens (tertiary/aromatic N) is 4. The van der Waals surface area contributed by atoms with Gasteiger partial charge in [-0.15, -0.1) is 6.42 Å². The third-order valence-corrected chi connectivity index (χ3v) is 21.2. The van der Waals surface area contributed by atoms with Crippen LogP contribution in [0, 0.1) is 35.8 Å². The van der Waals surface area contributed by atoms with Crippen LogP contribution in [0.5, 0.6) is 0 Å². The molecule has 16 rings (SSSR count). The third-order valence-electron chi connectivity index (χ3n) is 21.2. The highest BCUT2D eigenvalue weighted by Crippen LogP contribution is 2.40. The first kappa shape index (κ1) is 108. The maximum Gasteiger partial charge on any atom is 0.419 e. The van der Waals surface area contributed by atoms with E-state index in [1.54, 1.807) is 48.7 Å². The molecule has 750 valence electrons. The van der Waals surface area contributed by atoms with Crippen molar-refractivity contribution in [2.45, 2.75) is 79.9 Å². The number of nitrogens with two attached hydrogens (primary N) is 1. The highest BCUT2D eigenvalue weighted by molar-refractivity contribution is 6.20. The number of aliphatic hydroxyl groups is 1. The highest BCUT2D eigenvalue weighted by Gasteiger charge is 2.38. The molecule has 0 bridgehead atoms. The fourth-order valence-electron chi connectivity index (χ4n) is 15.1. The maximum absolute atomic E-state index is 14.5. The summed E-state index contributed by atoms with van der Waals surface area (Å²) < 4.78 is 122. The molecule has 14 aromatic rings. The standard InChI is InChI=1S/C27H21F4N5O2.C23H22N2O6.C19H19N5O.C19H18N2O4.C11H10O2.C8H4F4O2/c1-36(2)13-14-5-3-6-15(9-14)24-19-12-32-35-26(38)18-10-16(11-21(34-24)22(18)19)33-25(37)17-7-4-8-20(23(17)28)27(29,30)31;1-14(26)24-19-11-21(23(29)30-4)20(22(12-19)25-15(2)27)9-8-17-6-5-7-18(10-17)13-31-16(3)28;1-24(2)10-11-4-3-5-12(6-11)18-15-9-21-23-19(25)14-7-13(20)8-16(22-18)17(14)15;1-11(23)20-14-7-16(19(24)25-2)15-9-17(21-18(15)8-14)13-5-3-4-12(6-13)10-22;1-3-10-5-4-6-11(7-10)8-13-9(2)12;9-6-4(7(13)14)2-1-3-5(6)8(10,11)12/h3-12,34H,13H2,1-2H3,(H,33,37)(H,35,38);5-7,10-12H,13H2,1-4H3,(H,24,26)(H,25,27);3-9,22H,10,20H2,1-2H3,(H,23,25);3-9,21-22H,10H2,1-2H3,(H,20,23);1,4-7H,8H2,2H3;1-3H,(H,13,14). The number of rotatable bonds is 20. The van der Waals surface area contributed by atoms with E-state index in [0.717, 1.165) is 103 Å². The summed E-state index contributed by atoms with van der Waals surface area (Å²) in [6, 6.07) is 57.3. The lowest BCUT2D eigenvalue weighted by molar-refractivity contribution is -0.143. The number of nitrogen functional groups attached to an aromatic ring is 1. The van der Waals surface area contributed by atoms with Gasteiger partial charge >= 0.3 is 42.2 Å². The lowest BCUT2D eigenvalue weighted by Gasteiger charge is -2.13. The number of carboxylic acid groups (broad SMARTS) is 1. The summed E-state index contributed by atoms with van der Waals surface area (Å²) in [7, 11) is 10.5. The number of carboxylic acids is 1. The van der Waals surface area contributed by atoms with Crippen molar-refractivity contribution in [3.63, 3.8) is 0 Å². The van der Waals surface area contributed by atoms with Crippen LogP contribution in [0.15, 0.2) is 223 Å². The summed E-state index contributed by atoms with van der Waals surface area (Å²) in [5.74, 6) is -1.45. The molecule has 3 aromatic heterocycles. The zero-order chi connectivity index (χ0) is 106. The van der Waals surface area contributed by atoms with Gasteiger partial charge in [0.2, 0.25) is 17.7 Å². The number of aromatic nitrogens is 3. The first-order valence-electron chi connectivity index (χ1n) is 43.9. The van der Waals surface area contributed by atoms with E-state index < -0.39 is 81.9 Å². The average molecular weight is 2000 g/mol. The van der Waals surface area contributed by atoms with Crippen LogP contribution in [0.4, 0.5) is 63.6 Å². The Balaban J connectivity index is 0.000000172. The van der Waals surface area contributed by atoms with Crippen molar-refractivity contribution in [1.82, 2.24) is 35.6 Å². The molecule has 2 aliphatic heterocycles. The monoisotopic (exact) mass is 2000 g/mol. The van der Waals surface area contributed by atoms with Crippen molar-refractivity contribution in [1.29, 1.82) is 0 Å². The number of amides is 6. The van der Waals surface area contributed by atoms with E-state index in [0.29, 0.717) is 85.5 Å². The van der Waals surface area contributed by atoms with Crippen LogP contribution in [0.2, 0.25) is 0 Å². The van der Waals surface area contributed by atoms with Gasteiger partial charge in [0, 0.05) is 131 Å². The van der Waals surface area contributed by atoms with Crippen LogP contribution < -0.4 is 37.9 Å². The molecule has 6 amide bonds. The van der Waals surface area contributed by atoms with E-state index in [2.05, 4.69) is 98.1 Å². The molecule has 0 fully saturated rings. The summed E-state index contributed by atoms with van der Waals surface area (Å²) in [6.45, 7) is 8.67. The van der Waals surface area contributed by atoms with E-state index in [1.165, 1.54) is 84.9 Å². The van der Waals surface area contributed by atoms with Gasteiger partial charge in [-0.2, -0.15) is 36.5 Å². The summed E-state index contributed by atoms with van der Waals surface area (Å²) >= 11 is 0. The molecular weight excluding hydrogens is 1910 g/mol. The number of alkyl halides is 6. The second-order valence-electron chi connectivity index (χ2n) is 33.0. The number of H-pyrrole nitrogens is 3. The molecule has 0 radical (unpaired) electrons. The number of aliphatic hydroxyl groups excluding tert-OH is 1. The normalized spacial score (nSPS) is 11.5. The second kappa shape index (κ2) is 48.3. The van der Waals surface area contributed by atoms with Crippen molar-refractivity contribution >= 4 is 139 Å². The fraction of sp³-hybridized carbons (Fsp3) is 0.168. The summed E-state index contributed by atoms with van der Waals surface area (Å²) in [6.07, 6.45) is -1.40. The highest BCUT2D eigenvalue weighted by atomic mass is 19.4. The number of nitrogens with one attached hydrogen (secondary N) is 9. The summed E-state index contributed by atoms with van der Waals surface area (Å²) in [5, 5.41) is 38.1. The largest absolute Gasteiger partial charge is 0.478 e. The molecule has 13 N–H and O–H groups in total. The minimum atomic E-state index is -4.96. The molecule has 39 heteroatoms. The lowest BCUT2D eigenvalue weighted by Crippen LogP contribution is -2.19. The number of methoxy groups -OCH3 is 2. The first-order chi connectivity index (χ1) is 69.3. The van der Waals surface area contributed by atoms with Gasteiger partial charge in [0.1, 0.15) is 24.8 Å². The average Bonchev–Trinajstić information content (AvgIpc) is 1.59. The molecule has 2 aliphatic rings. The van der Waals surface area contributed by atoms with Gasteiger partial charge in [-0.1, -0.05) is 109 Å². The van der Waals surface area contributed by atoms with E-state index >= 15 is 0 Å². The van der Waals surface area contributed by atoms with Crippen LogP contribution >= 0.6 is 0 Å². The molecule has 0 unspecified atom stereocenters. The van der Waals surface area contributed by atoms with Gasteiger partial charge < -0.3 is 80.9 Å².